The Bertz CT molecular complexity index is 363. The lowest BCUT2D eigenvalue weighted by atomic mass is 10.1. The summed E-state index contributed by atoms with van der Waals surface area (Å²) in [6.45, 7) is 3.09. The van der Waals surface area contributed by atoms with Crippen LogP contribution in [-0.2, 0) is 9.53 Å². The summed E-state index contributed by atoms with van der Waals surface area (Å²) in [6.07, 6.45) is 0.877. The van der Waals surface area contributed by atoms with E-state index in [4.69, 9.17) is 4.74 Å². The van der Waals surface area contributed by atoms with Crippen molar-refractivity contribution >= 4 is 11.7 Å². The van der Waals surface area contributed by atoms with E-state index in [1.807, 2.05) is 30.3 Å². The van der Waals surface area contributed by atoms with Gasteiger partial charge in [0.25, 0.3) is 0 Å². The van der Waals surface area contributed by atoms with E-state index in [2.05, 4.69) is 11.8 Å². The van der Waals surface area contributed by atoms with Gasteiger partial charge in [-0.25, -0.2) is 4.79 Å². The van der Waals surface area contributed by atoms with Crippen molar-refractivity contribution in [2.45, 2.75) is 19.4 Å². The standard InChI is InChI=1S/C13H17NO2/c1-10-8-12(13(15)16-2)14(9-10)11-6-4-3-5-7-11/h3-7,10,12H,8-9H2,1-2H3/t10-,12+/m1/s1. The van der Waals surface area contributed by atoms with Gasteiger partial charge in [-0.05, 0) is 24.5 Å². The topological polar surface area (TPSA) is 29.5 Å². The minimum absolute atomic E-state index is 0.123. The number of para-hydroxylation sites is 1. The van der Waals surface area contributed by atoms with Crippen molar-refractivity contribution in [2.24, 2.45) is 5.92 Å². The van der Waals surface area contributed by atoms with E-state index in [1.165, 1.54) is 7.11 Å². The summed E-state index contributed by atoms with van der Waals surface area (Å²) in [5.74, 6) is 0.400. The van der Waals surface area contributed by atoms with E-state index in [0.29, 0.717) is 5.92 Å². The van der Waals surface area contributed by atoms with Crippen molar-refractivity contribution in [3.8, 4) is 0 Å². The highest BCUT2D eigenvalue weighted by Gasteiger charge is 2.35. The number of benzene rings is 1. The Kier molecular flexibility index (Phi) is 3.13. The van der Waals surface area contributed by atoms with Crippen LogP contribution in [0.25, 0.3) is 0 Å². The Hall–Kier alpha value is -1.51. The molecular formula is C13H17NO2. The van der Waals surface area contributed by atoms with Gasteiger partial charge >= 0.3 is 5.97 Å². The molecule has 1 saturated heterocycles. The van der Waals surface area contributed by atoms with Gasteiger partial charge in [0.1, 0.15) is 6.04 Å². The van der Waals surface area contributed by atoms with Gasteiger partial charge in [-0.3, -0.25) is 0 Å². The van der Waals surface area contributed by atoms with Crippen LogP contribution in [0.5, 0.6) is 0 Å². The third-order valence-electron chi connectivity index (χ3n) is 3.07. The van der Waals surface area contributed by atoms with Crippen LogP contribution in [-0.4, -0.2) is 25.7 Å². The molecule has 0 saturated carbocycles. The summed E-state index contributed by atoms with van der Waals surface area (Å²) in [5, 5.41) is 0. The normalized spacial score (nSPS) is 24.5. The van der Waals surface area contributed by atoms with Crippen molar-refractivity contribution in [3.05, 3.63) is 30.3 Å². The summed E-state index contributed by atoms with van der Waals surface area (Å²) >= 11 is 0. The number of methoxy groups -OCH3 is 1. The fraction of sp³-hybridized carbons (Fsp3) is 0.462. The van der Waals surface area contributed by atoms with Gasteiger partial charge in [0.05, 0.1) is 7.11 Å². The van der Waals surface area contributed by atoms with Crippen LogP contribution in [0.2, 0.25) is 0 Å². The van der Waals surface area contributed by atoms with E-state index >= 15 is 0 Å². The van der Waals surface area contributed by atoms with Crippen molar-refractivity contribution in [2.75, 3.05) is 18.6 Å². The van der Waals surface area contributed by atoms with Crippen LogP contribution in [0, 0.1) is 5.92 Å². The molecule has 0 aliphatic carbocycles. The van der Waals surface area contributed by atoms with Crippen LogP contribution in [0.15, 0.2) is 30.3 Å². The molecule has 0 spiro atoms. The number of ether oxygens (including phenoxy) is 1. The Balaban J connectivity index is 2.22. The molecule has 3 nitrogen and oxygen atoms in total. The molecule has 3 heteroatoms. The average molecular weight is 219 g/mol. The number of nitrogens with zero attached hydrogens (tertiary/aromatic N) is 1. The molecule has 0 amide bonds. The van der Waals surface area contributed by atoms with E-state index < -0.39 is 0 Å². The molecule has 2 rings (SSSR count). The van der Waals surface area contributed by atoms with Gasteiger partial charge in [-0.2, -0.15) is 0 Å². The molecule has 0 aromatic heterocycles. The van der Waals surface area contributed by atoms with Crippen molar-refractivity contribution < 1.29 is 9.53 Å². The third kappa shape index (κ3) is 2.03. The molecule has 0 unspecified atom stereocenters. The van der Waals surface area contributed by atoms with Crippen LogP contribution < -0.4 is 4.90 Å². The first-order chi connectivity index (χ1) is 7.72. The van der Waals surface area contributed by atoms with Crippen molar-refractivity contribution in [3.63, 3.8) is 0 Å². The number of esters is 1. The largest absolute Gasteiger partial charge is 0.467 e. The first-order valence-electron chi connectivity index (χ1n) is 5.62. The molecule has 1 aliphatic rings. The van der Waals surface area contributed by atoms with Crippen LogP contribution in [0.4, 0.5) is 5.69 Å². The summed E-state index contributed by atoms with van der Waals surface area (Å²) < 4.78 is 4.85. The molecule has 1 aliphatic heterocycles. The molecule has 86 valence electrons. The highest BCUT2D eigenvalue weighted by molar-refractivity contribution is 5.80. The first kappa shape index (κ1) is 11.0. The minimum Gasteiger partial charge on any atom is -0.467 e. The van der Waals surface area contributed by atoms with E-state index in [-0.39, 0.29) is 12.0 Å². The van der Waals surface area contributed by atoms with Gasteiger partial charge in [0, 0.05) is 12.2 Å². The number of anilines is 1. The maximum atomic E-state index is 11.7. The number of rotatable bonds is 2. The van der Waals surface area contributed by atoms with Crippen LogP contribution in [0.3, 0.4) is 0 Å². The predicted octanol–water partition coefficient (Wildman–Crippen LogP) is 2.07. The fourth-order valence-electron chi connectivity index (χ4n) is 2.31. The zero-order valence-corrected chi connectivity index (χ0v) is 9.72. The molecule has 0 radical (unpaired) electrons. The molecule has 0 bridgehead atoms. The highest BCUT2D eigenvalue weighted by atomic mass is 16.5. The maximum absolute atomic E-state index is 11.7. The minimum atomic E-state index is -0.131. The zero-order valence-electron chi connectivity index (χ0n) is 9.72. The third-order valence-corrected chi connectivity index (χ3v) is 3.07. The quantitative estimate of drug-likeness (QED) is 0.713. The zero-order chi connectivity index (χ0) is 11.5. The Morgan fingerprint density at radius 1 is 1.38 bits per heavy atom. The van der Waals surface area contributed by atoms with Gasteiger partial charge in [-0.1, -0.05) is 25.1 Å². The van der Waals surface area contributed by atoms with Gasteiger partial charge in [0.2, 0.25) is 0 Å². The monoisotopic (exact) mass is 219 g/mol. The Morgan fingerprint density at radius 3 is 2.69 bits per heavy atom. The smallest absolute Gasteiger partial charge is 0.328 e. The SMILES string of the molecule is COC(=O)[C@@H]1C[C@@H](C)CN1c1ccccc1. The number of carbonyl (C=O) groups excluding carboxylic acids is 1. The summed E-state index contributed by atoms with van der Waals surface area (Å²) in [4.78, 5) is 13.8. The van der Waals surface area contributed by atoms with E-state index in [1.54, 1.807) is 0 Å². The summed E-state index contributed by atoms with van der Waals surface area (Å²) in [6, 6.07) is 9.92. The maximum Gasteiger partial charge on any atom is 0.328 e. The van der Waals surface area contributed by atoms with Crippen LogP contribution >= 0.6 is 0 Å². The molecule has 1 heterocycles. The molecule has 16 heavy (non-hydrogen) atoms. The predicted molar refractivity (Wildman–Crippen MR) is 63.4 cm³/mol. The second-order valence-electron chi connectivity index (χ2n) is 4.37. The second-order valence-corrected chi connectivity index (χ2v) is 4.37. The Labute approximate surface area is 96.0 Å². The van der Waals surface area contributed by atoms with Gasteiger partial charge in [-0.15, -0.1) is 0 Å². The van der Waals surface area contributed by atoms with Gasteiger partial charge in [0.15, 0.2) is 0 Å². The summed E-state index contributed by atoms with van der Waals surface area (Å²) in [7, 11) is 1.45. The molecular weight excluding hydrogens is 202 g/mol. The van der Waals surface area contributed by atoms with Gasteiger partial charge < -0.3 is 9.64 Å². The molecule has 1 aromatic rings. The van der Waals surface area contributed by atoms with Crippen LogP contribution in [0.1, 0.15) is 13.3 Å². The Morgan fingerprint density at radius 2 is 2.06 bits per heavy atom. The molecule has 1 aromatic carbocycles. The van der Waals surface area contributed by atoms with Crippen molar-refractivity contribution in [1.29, 1.82) is 0 Å². The first-order valence-corrected chi connectivity index (χ1v) is 5.62. The lowest BCUT2D eigenvalue weighted by Crippen LogP contribution is -2.36. The number of hydrogen-bond donors (Lipinski definition) is 0. The lowest BCUT2D eigenvalue weighted by Gasteiger charge is -2.24. The molecule has 2 atom stereocenters. The number of hydrogen-bond acceptors (Lipinski definition) is 3. The highest BCUT2D eigenvalue weighted by Crippen LogP contribution is 2.29. The summed E-state index contributed by atoms with van der Waals surface area (Å²) in [5.41, 5.74) is 1.10. The average Bonchev–Trinajstić information content (AvgIpc) is 2.71. The van der Waals surface area contributed by atoms with E-state index in [9.17, 15) is 4.79 Å². The number of carbonyl (C=O) groups is 1. The van der Waals surface area contributed by atoms with Crippen molar-refractivity contribution in [1.82, 2.24) is 0 Å². The lowest BCUT2D eigenvalue weighted by molar-refractivity contribution is -0.142. The molecule has 1 fully saturated rings. The fourth-order valence-corrected chi connectivity index (χ4v) is 2.31. The second kappa shape index (κ2) is 4.56. The molecule has 0 N–H and O–H groups in total. The van der Waals surface area contributed by atoms with E-state index in [0.717, 1.165) is 18.7 Å².